The minimum Gasteiger partial charge on any atom is -0.378 e. The second-order valence-electron chi connectivity index (χ2n) is 6.48. The third kappa shape index (κ3) is 3.90. The lowest BCUT2D eigenvalue weighted by atomic mass is 10.0. The van der Waals surface area contributed by atoms with Crippen LogP contribution >= 0.6 is 22.9 Å². The van der Waals surface area contributed by atoms with E-state index in [1.54, 1.807) is 24.3 Å². The minimum absolute atomic E-state index is 0.0285. The van der Waals surface area contributed by atoms with Crippen LogP contribution in [0.5, 0.6) is 0 Å². The van der Waals surface area contributed by atoms with Gasteiger partial charge in [-0.2, -0.15) is 0 Å². The summed E-state index contributed by atoms with van der Waals surface area (Å²) in [6, 6.07) is 15.1. The number of aryl methyl sites for hydroxylation is 1. The number of halogens is 1. The summed E-state index contributed by atoms with van der Waals surface area (Å²) in [5.74, 6) is -0.0285. The summed E-state index contributed by atoms with van der Waals surface area (Å²) >= 11 is 7.42. The summed E-state index contributed by atoms with van der Waals surface area (Å²) in [7, 11) is 0. The predicted octanol–water partition coefficient (Wildman–Crippen LogP) is 4.84. The molecule has 4 rings (SSSR count). The molecular weight excluding hydrogens is 380 g/mol. The van der Waals surface area contributed by atoms with Crippen LogP contribution in [0.1, 0.15) is 20.8 Å². The van der Waals surface area contributed by atoms with Crippen LogP contribution in [0.2, 0.25) is 5.02 Å². The highest BCUT2D eigenvalue weighted by molar-refractivity contribution is 7.18. The van der Waals surface area contributed by atoms with Crippen molar-refractivity contribution in [2.24, 2.45) is 0 Å². The number of benzene rings is 2. The van der Waals surface area contributed by atoms with Crippen molar-refractivity contribution in [1.82, 2.24) is 4.98 Å². The van der Waals surface area contributed by atoms with E-state index in [0.717, 1.165) is 29.5 Å². The second kappa shape index (κ2) is 7.80. The highest BCUT2D eigenvalue weighted by atomic mass is 35.5. The number of ketones is 1. The average Bonchev–Trinajstić information content (AvgIpc) is 3.15. The molecule has 27 heavy (non-hydrogen) atoms. The van der Waals surface area contributed by atoms with Crippen molar-refractivity contribution in [3.8, 4) is 11.3 Å². The monoisotopic (exact) mass is 398 g/mol. The van der Waals surface area contributed by atoms with Crippen molar-refractivity contribution in [3.63, 3.8) is 0 Å². The maximum absolute atomic E-state index is 13.2. The van der Waals surface area contributed by atoms with Crippen LogP contribution < -0.4 is 4.90 Å². The number of hydrogen-bond acceptors (Lipinski definition) is 5. The molecule has 0 radical (unpaired) electrons. The van der Waals surface area contributed by atoms with Gasteiger partial charge in [-0.15, -0.1) is 0 Å². The third-order valence-corrected chi connectivity index (χ3v) is 5.90. The number of aromatic nitrogens is 1. The molecule has 0 unspecified atom stereocenters. The van der Waals surface area contributed by atoms with Gasteiger partial charge in [0.15, 0.2) is 5.13 Å². The van der Waals surface area contributed by atoms with Crippen molar-refractivity contribution in [1.29, 1.82) is 0 Å². The van der Waals surface area contributed by atoms with Crippen LogP contribution in [0.4, 0.5) is 5.13 Å². The largest absolute Gasteiger partial charge is 0.378 e. The van der Waals surface area contributed by atoms with E-state index in [1.807, 2.05) is 31.2 Å². The van der Waals surface area contributed by atoms with Gasteiger partial charge >= 0.3 is 0 Å². The molecule has 0 spiro atoms. The van der Waals surface area contributed by atoms with E-state index in [-0.39, 0.29) is 5.78 Å². The smallest absolute Gasteiger partial charge is 0.205 e. The number of ether oxygens (including phenoxy) is 1. The van der Waals surface area contributed by atoms with Crippen molar-refractivity contribution in [3.05, 3.63) is 69.6 Å². The minimum atomic E-state index is -0.0285. The highest BCUT2D eigenvalue weighted by Gasteiger charge is 2.24. The second-order valence-corrected chi connectivity index (χ2v) is 7.89. The molecule has 0 atom stereocenters. The van der Waals surface area contributed by atoms with Gasteiger partial charge in [0, 0.05) is 29.2 Å². The molecule has 1 fully saturated rings. The van der Waals surface area contributed by atoms with E-state index in [4.69, 9.17) is 21.3 Å². The predicted molar refractivity (Wildman–Crippen MR) is 110 cm³/mol. The van der Waals surface area contributed by atoms with Crippen LogP contribution in [-0.2, 0) is 4.74 Å². The first-order chi connectivity index (χ1) is 13.1. The Morgan fingerprint density at radius 2 is 1.74 bits per heavy atom. The van der Waals surface area contributed by atoms with Gasteiger partial charge in [0.1, 0.15) is 4.88 Å². The van der Waals surface area contributed by atoms with E-state index in [2.05, 4.69) is 4.90 Å². The Balaban J connectivity index is 1.77. The molecule has 4 nitrogen and oxygen atoms in total. The number of carbonyl (C=O) groups is 1. The van der Waals surface area contributed by atoms with Gasteiger partial charge < -0.3 is 9.64 Å². The molecule has 1 aromatic heterocycles. The summed E-state index contributed by atoms with van der Waals surface area (Å²) in [6.07, 6.45) is 0. The molecule has 6 heteroatoms. The van der Waals surface area contributed by atoms with Crippen LogP contribution in [0.15, 0.2) is 48.5 Å². The van der Waals surface area contributed by atoms with Gasteiger partial charge in [-0.1, -0.05) is 52.8 Å². The van der Waals surface area contributed by atoms with Crippen LogP contribution in [-0.4, -0.2) is 37.1 Å². The van der Waals surface area contributed by atoms with Gasteiger partial charge in [0.25, 0.3) is 0 Å². The van der Waals surface area contributed by atoms with E-state index >= 15 is 0 Å². The van der Waals surface area contributed by atoms with Crippen molar-refractivity contribution in [2.45, 2.75) is 6.92 Å². The van der Waals surface area contributed by atoms with Crippen LogP contribution in [0.3, 0.4) is 0 Å². The van der Waals surface area contributed by atoms with Crippen molar-refractivity contribution in [2.75, 3.05) is 31.2 Å². The van der Waals surface area contributed by atoms with Crippen molar-refractivity contribution >= 4 is 33.9 Å². The zero-order valence-corrected chi connectivity index (χ0v) is 16.5. The SMILES string of the molecule is Cc1ccc(-c2nc(N3CCOCC3)sc2C(=O)c2ccc(Cl)cc2)cc1. The quantitative estimate of drug-likeness (QED) is 0.590. The first kappa shape index (κ1) is 18.2. The van der Waals surface area contributed by atoms with Gasteiger partial charge in [0.05, 0.1) is 18.9 Å². The lowest BCUT2D eigenvalue weighted by molar-refractivity contribution is 0.104. The Kier molecular flexibility index (Phi) is 5.25. The first-order valence-corrected chi connectivity index (χ1v) is 10.0. The summed E-state index contributed by atoms with van der Waals surface area (Å²) in [5.41, 5.74) is 3.48. The number of nitrogens with zero attached hydrogens (tertiary/aromatic N) is 2. The fourth-order valence-electron chi connectivity index (χ4n) is 2.99. The molecule has 2 aromatic carbocycles. The van der Waals surface area contributed by atoms with E-state index in [1.165, 1.54) is 16.9 Å². The maximum Gasteiger partial charge on any atom is 0.205 e. The molecule has 1 aliphatic rings. The van der Waals surface area contributed by atoms with Crippen molar-refractivity contribution < 1.29 is 9.53 Å². The maximum atomic E-state index is 13.2. The number of morpholine rings is 1. The van der Waals surface area contributed by atoms with Gasteiger partial charge in [-0.3, -0.25) is 4.79 Å². The lowest BCUT2D eigenvalue weighted by Crippen LogP contribution is -2.36. The lowest BCUT2D eigenvalue weighted by Gasteiger charge is -2.26. The van der Waals surface area contributed by atoms with E-state index in [0.29, 0.717) is 28.7 Å². The van der Waals surface area contributed by atoms with Crippen LogP contribution in [0, 0.1) is 6.92 Å². The molecule has 3 aromatic rings. The number of carbonyl (C=O) groups excluding carboxylic acids is 1. The van der Waals surface area contributed by atoms with Gasteiger partial charge in [-0.25, -0.2) is 4.98 Å². The third-order valence-electron chi connectivity index (χ3n) is 4.54. The molecule has 0 bridgehead atoms. The summed E-state index contributed by atoms with van der Waals surface area (Å²) in [4.78, 5) is 20.9. The number of hydrogen-bond donors (Lipinski definition) is 0. The summed E-state index contributed by atoms with van der Waals surface area (Å²) in [6.45, 7) is 4.98. The molecule has 0 amide bonds. The molecule has 1 saturated heterocycles. The Hall–Kier alpha value is -2.21. The molecule has 138 valence electrons. The Bertz CT molecular complexity index is 945. The summed E-state index contributed by atoms with van der Waals surface area (Å²) in [5, 5.41) is 1.48. The topological polar surface area (TPSA) is 42.4 Å². The van der Waals surface area contributed by atoms with E-state index < -0.39 is 0 Å². The molecule has 2 heterocycles. The number of thiazole rings is 1. The Morgan fingerprint density at radius 1 is 1.07 bits per heavy atom. The van der Waals surface area contributed by atoms with Crippen LogP contribution in [0.25, 0.3) is 11.3 Å². The zero-order chi connectivity index (χ0) is 18.8. The number of anilines is 1. The average molecular weight is 399 g/mol. The molecule has 0 saturated carbocycles. The standard InChI is InChI=1S/C21H19ClN2O2S/c1-14-2-4-15(5-3-14)18-20(19(25)16-6-8-17(22)9-7-16)27-21(23-18)24-10-12-26-13-11-24/h2-9H,10-13H2,1H3. The first-order valence-electron chi connectivity index (χ1n) is 8.82. The fourth-order valence-corrected chi connectivity index (χ4v) is 4.22. The Labute approximate surface area is 167 Å². The Morgan fingerprint density at radius 3 is 2.41 bits per heavy atom. The van der Waals surface area contributed by atoms with E-state index in [9.17, 15) is 4.79 Å². The van der Waals surface area contributed by atoms with Gasteiger partial charge in [-0.05, 0) is 31.2 Å². The zero-order valence-electron chi connectivity index (χ0n) is 14.9. The fraction of sp³-hybridized carbons (Fsp3) is 0.238. The molecule has 0 N–H and O–H groups in total. The summed E-state index contributed by atoms with van der Waals surface area (Å²) < 4.78 is 5.44. The molecule has 1 aliphatic heterocycles. The van der Waals surface area contributed by atoms with Gasteiger partial charge in [0.2, 0.25) is 5.78 Å². The normalized spacial score (nSPS) is 14.4. The highest BCUT2D eigenvalue weighted by Crippen LogP contribution is 2.35. The molecular formula is C21H19ClN2O2S. The molecule has 0 aliphatic carbocycles. The number of rotatable bonds is 4.